The maximum absolute atomic E-state index is 14.1. The maximum atomic E-state index is 14.1. The molecule has 35 heavy (non-hydrogen) atoms. The molecule has 3 aromatic carbocycles. The van der Waals surface area contributed by atoms with Crippen LogP contribution in [0.4, 0.5) is 23.2 Å². The molecule has 1 fully saturated rings. The first-order chi connectivity index (χ1) is 16.7. The van der Waals surface area contributed by atoms with Crippen LogP contribution in [0.3, 0.4) is 0 Å². The van der Waals surface area contributed by atoms with Gasteiger partial charge in [0.05, 0.1) is 11.3 Å². The fourth-order valence-electron chi connectivity index (χ4n) is 4.34. The van der Waals surface area contributed by atoms with Gasteiger partial charge in [0.15, 0.2) is 0 Å². The summed E-state index contributed by atoms with van der Waals surface area (Å²) in [5.74, 6) is -1.54. The van der Waals surface area contributed by atoms with E-state index in [1.54, 1.807) is 0 Å². The molecule has 2 atom stereocenters. The van der Waals surface area contributed by atoms with Crippen molar-refractivity contribution in [1.29, 1.82) is 0 Å². The van der Waals surface area contributed by atoms with Crippen molar-refractivity contribution < 1.29 is 32.3 Å². The molecule has 1 saturated carbocycles. The molecule has 2 unspecified atom stereocenters. The third-order valence-corrected chi connectivity index (χ3v) is 6.09. The quantitative estimate of drug-likeness (QED) is 0.304. The van der Waals surface area contributed by atoms with E-state index in [9.17, 15) is 22.4 Å². The van der Waals surface area contributed by atoms with E-state index >= 15 is 0 Å². The molecule has 0 bridgehead atoms. The Hall–Kier alpha value is -3.68. The lowest BCUT2D eigenvalue weighted by atomic mass is 9.77. The zero-order valence-corrected chi connectivity index (χ0v) is 18.8. The monoisotopic (exact) mass is 487 g/mol. The number of hydrogen-bond donors (Lipinski definition) is 2. The van der Waals surface area contributed by atoms with Crippen LogP contribution in [0.5, 0.6) is 0 Å². The minimum absolute atomic E-state index is 0.210. The normalized spacial score (nSPS) is 17.6. The van der Waals surface area contributed by atoms with E-state index < -0.39 is 17.6 Å². The average molecular weight is 487 g/mol. The standard InChI is InChI=1S/C26H23F4NO.CH2O2/c27-23-16-22(26(28,29)30)13-14-24(23)31-25(32)21-8-4-7-20(15-21)19-11-9-18(10-12-19)17-5-2-1-3-6-17;2-1-3/h1-3,5-6,9-14,16,20-21H,4,7-8,15H2,(H,31,32);1H,(H,2,3). The Balaban J connectivity index is 0.00000108. The number of carbonyl (C=O) groups is 2. The maximum Gasteiger partial charge on any atom is 0.416 e. The van der Waals surface area contributed by atoms with Crippen molar-refractivity contribution in [2.45, 2.75) is 37.8 Å². The highest BCUT2D eigenvalue weighted by molar-refractivity contribution is 5.92. The lowest BCUT2D eigenvalue weighted by Gasteiger charge is -2.29. The molecule has 0 saturated heterocycles. The summed E-state index contributed by atoms with van der Waals surface area (Å²) in [6.07, 6.45) is -1.51. The van der Waals surface area contributed by atoms with Gasteiger partial charge in [0.1, 0.15) is 5.82 Å². The van der Waals surface area contributed by atoms with Crippen LogP contribution in [-0.2, 0) is 15.8 Å². The molecule has 0 aliphatic heterocycles. The van der Waals surface area contributed by atoms with Crippen LogP contribution in [0.25, 0.3) is 11.1 Å². The van der Waals surface area contributed by atoms with Gasteiger partial charge in [-0.25, -0.2) is 4.39 Å². The number of alkyl halides is 3. The van der Waals surface area contributed by atoms with Crippen molar-refractivity contribution in [2.24, 2.45) is 5.92 Å². The van der Waals surface area contributed by atoms with Crippen LogP contribution in [0, 0.1) is 11.7 Å². The number of carbonyl (C=O) groups excluding carboxylic acids is 1. The summed E-state index contributed by atoms with van der Waals surface area (Å²) in [4.78, 5) is 21.1. The van der Waals surface area contributed by atoms with Crippen molar-refractivity contribution in [3.8, 4) is 11.1 Å². The summed E-state index contributed by atoms with van der Waals surface area (Å²) in [5, 5.41) is 9.37. The number of hydrogen-bond acceptors (Lipinski definition) is 2. The van der Waals surface area contributed by atoms with E-state index in [0.717, 1.165) is 41.7 Å². The molecule has 2 N–H and O–H groups in total. The van der Waals surface area contributed by atoms with Crippen LogP contribution in [0.15, 0.2) is 72.8 Å². The molecule has 4 rings (SSSR count). The predicted molar refractivity (Wildman–Crippen MR) is 125 cm³/mol. The van der Waals surface area contributed by atoms with Crippen molar-refractivity contribution in [3.63, 3.8) is 0 Å². The van der Waals surface area contributed by atoms with Gasteiger partial charge >= 0.3 is 6.18 Å². The number of amides is 1. The first-order valence-corrected chi connectivity index (χ1v) is 11.1. The van der Waals surface area contributed by atoms with Crippen LogP contribution >= 0.6 is 0 Å². The lowest BCUT2D eigenvalue weighted by Crippen LogP contribution is -2.28. The summed E-state index contributed by atoms with van der Waals surface area (Å²) in [6.45, 7) is -0.250. The van der Waals surface area contributed by atoms with E-state index in [-0.39, 0.29) is 29.9 Å². The molecule has 0 radical (unpaired) electrons. The number of anilines is 1. The molecule has 8 heteroatoms. The number of halogens is 4. The number of nitrogens with one attached hydrogen (secondary N) is 1. The molecule has 1 amide bonds. The van der Waals surface area contributed by atoms with Crippen molar-refractivity contribution in [2.75, 3.05) is 5.32 Å². The molecule has 3 aromatic rings. The minimum Gasteiger partial charge on any atom is -0.483 e. The third-order valence-electron chi connectivity index (χ3n) is 6.09. The Bertz CT molecular complexity index is 1130. The lowest BCUT2D eigenvalue weighted by molar-refractivity contribution is -0.137. The van der Waals surface area contributed by atoms with Gasteiger partial charge in [-0.2, -0.15) is 13.2 Å². The second-order valence-corrected chi connectivity index (χ2v) is 8.34. The second-order valence-electron chi connectivity index (χ2n) is 8.34. The highest BCUT2D eigenvalue weighted by Gasteiger charge is 2.32. The minimum atomic E-state index is -4.63. The molecule has 0 spiro atoms. The van der Waals surface area contributed by atoms with Gasteiger partial charge in [-0.1, -0.05) is 61.0 Å². The van der Waals surface area contributed by atoms with Crippen molar-refractivity contribution in [3.05, 3.63) is 89.7 Å². The van der Waals surface area contributed by atoms with E-state index in [2.05, 4.69) is 41.7 Å². The van der Waals surface area contributed by atoms with Gasteiger partial charge in [-0.3, -0.25) is 9.59 Å². The van der Waals surface area contributed by atoms with Gasteiger partial charge in [-0.05, 0) is 60.1 Å². The summed E-state index contributed by atoms with van der Waals surface area (Å²) >= 11 is 0. The van der Waals surface area contributed by atoms with Gasteiger partial charge in [0, 0.05) is 5.92 Å². The van der Waals surface area contributed by atoms with Crippen molar-refractivity contribution in [1.82, 2.24) is 0 Å². The SMILES string of the molecule is O=C(Nc1ccc(C(F)(F)F)cc1F)C1CCCC(c2ccc(-c3ccccc3)cc2)C1.O=CO. The number of carboxylic acid groups (broad SMARTS) is 1. The Kier molecular flexibility index (Phi) is 8.63. The van der Waals surface area contributed by atoms with E-state index in [0.29, 0.717) is 18.9 Å². The summed E-state index contributed by atoms with van der Waals surface area (Å²) in [6, 6.07) is 20.5. The number of benzene rings is 3. The third kappa shape index (κ3) is 6.91. The summed E-state index contributed by atoms with van der Waals surface area (Å²) in [7, 11) is 0. The van der Waals surface area contributed by atoms with Crippen molar-refractivity contribution >= 4 is 18.1 Å². The van der Waals surface area contributed by atoms with Gasteiger partial charge in [0.25, 0.3) is 6.47 Å². The largest absolute Gasteiger partial charge is 0.483 e. The first kappa shape index (κ1) is 25.9. The zero-order chi connectivity index (χ0) is 25.4. The molecular weight excluding hydrogens is 462 g/mol. The predicted octanol–water partition coefficient (Wildman–Crippen LogP) is 7.12. The zero-order valence-electron chi connectivity index (χ0n) is 18.8. The Morgan fingerprint density at radius 3 is 2.17 bits per heavy atom. The first-order valence-electron chi connectivity index (χ1n) is 11.1. The smallest absolute Gasteiger partial charge is 0.416 e. The molecule has 4 nitrogen and oxygen atoms in total. The molecule has 0 aromatic heterocycles. The topological polar surface area (TPSA) is 66.4 Å². The Labute approximate surface area is 200 Å². The fraction of sp³-hybridized carbons (Fsp3) is 0.259. The van der Waals surface area contributed by atoms with Gasteiger partial charge < -0.3 is 10.4 Å². The van der Waals surface area contributed by atoms with Crippen LogP contribution in [-0.4, -0.2) is 17.5 Å². The molecule has 1 aliphatic rings. The second kappa shape index (κ2) is 11.6. The molecule has 1 aliphatic carbocycles. The highest BCUT2D eigenvalue weighted by atomic mass is 19.4. The van der Waals surface area contributed by atoms with E-state index in [4.69, 9.17) is 9.90 Å². The molecule has 0 heterocycles. The molecule has 184 valence electrons. The van der Waals surface area contributed by atoms with Crippen LogP contribution in [0.2, 0.25) is 0 Å². The van der Waals surface area contributed by atoms with Gasteiger partial charge in [0.2, 0.25) is 5.91 Å². The van der Waals surface area contributed by atoms with E-state index in [1.165, 1.54) is 0 Å². The van der Waals surface area contributed by atoms with Crippen LogP contribution in [0.1, 0.15) is 42.7 Å². The summed E-state index contributed by atoms with van der Waals surface area (Å²) in [5.41, 5.74) is 2.11. The Morgan fingerprint density at radius 1 is 0.943 bits per heavy atom. The Morgan fingerprint density at radius 2 is 1.57 bits per heavy atom. The fourth-order valence-corrected chi connectivity index (χ4v) is 4.34. The van der Waals surface area contributed by atoms with E-state index in [1.807, 2.05) is 18.2 Å². The van der Waals surface area contributed by atoms with Crippen LogP contribution < -0.4 is 5.32 Å². The van der Waals surface area contributed by atoms with Gasteiger partial charge in [-0.15, -0.1) is 0 Å². The number of rotatable bonds is 4. The molecular formula is C27H25F4NO3. The summed E-state index contributed by atoms with van der Waals surface area (Å²) < 4.78 is 52.3. The average Bonchev–Trinajstić information content (AvgIpc) is 2.86. The highest BCUT2D eigenvalue weighted by Crippen LogP contribution is 2.38.